The van der Waals surface area contributed by atoms with Crippen LogP contribution in [0.5, 0.6) is 0 Å². The van der Waals surface area contributed by atoms with Gasteiger partial charge in [-0.05, 0) is 30.9 Å². The highest BCUT2D eigenvalue weighted by molar-refractivity contribution is 5.95. The average Bonchev–Trinajstić information content (AvgIpc) is 2.70. The molecule has 28 heavy (non-hydrogen) atoms. The van der Waals surface area contributed by atoms with Crippen molar-refractivity contribution in [1.29, 1.82) is 5.26 Å². The second-order valence-electron chi connectivity index (χ2n) is 7.64. The van der Waals surface area contributed by atoms with Crippen LogP contribution < -0.4 is 15.5 Å². The monoisotopic (exact) mass is 384 g/mol. The van der Waals surface area contributed by atoms with Crippen LogP contribution in [0.25, 0.3) is 0 Å². The molecule has 0 spiro atoms. The molecule has 0 bridgehead atoms. The lowest BCUT2D eigenvalue weighted by Gasteiger charge is -2.35. The largest absolute Gasteiger partial charge is 0.353 e. The van der Waals surface area contributed by atoms with Gasteiger partial charge in [0.25, 0.3) is 0 Å². The Morgan fingerprint density at radius 3 is 2.71 bits per heavy atom. The minimum absolute atomic E-state index is 0.151. The number of piperazine rings is 1. The normalized spacial score (nSPS) is 22.9. The summed E-state index contributed by atoms with van der Waals surface area (Å²) in [6.07, 6.45) is 6.11. The third kappa shape index (κ3) is 5.20. The Hall–Kier alpha value is -2.66. The van der Waals surface area contributed by atoms with Crippen LogP contribution in [0.1, 0.15) is 38.2 Å². The molecule has 2 heterocycles. The highest BCUT2D eigenvalue weighted by atomic mass is 16.2. The smallest absolute Gasteiger partial charge is 0.321 e. The van der Waals surface area contributed by atoms with Crippen LogP contribution in [0.4, 0.5) is 10.6 Å². The van der Waals surface area contributed by atoms with E-state index >= 15 is 0 Å². The first-order chi connectivity index (χ1) is 13.6. The lowest BCUT2D eigenvalue weighted by Crippen LogP contribution is -2.53. The summed E-state index contributed by atoms with van der Waals surface area (Å²) < 4.78 is 0. The lowest BCUT2D eigenvalue weighted by molar-refractivity contribution is -0.121. The first-order valence-corrected chi connectivity index (χ1v) is 9.99. The zero-order valence-electron chi connectivity index (χ0n) is 16.4. The maximum atomic E-state index is 12.2. The van der Waals surface area contributed by atoms with Gasteiger partial charge < -0.3 is 10.2 Å². The van der Waals surface area contributed by atoms with E-state index in [9.17, 15) is 14.9 Å². The van der Waals surface area contributed by atoms with Crippen LogP contribution in [-0.2, 0) is 4.79 Å². The molecule has 8 nitrogen and oxygen atoms in total. The van der Waals surface area contributed by atoms with Crippen molar-refractivity contribution >= 4 is 17.8 Å². The van der Waals surface area contributed by atoms with Crippen LogP contribution >= 0.6 is 0 Å². The van der Waals surface area contributed by atoms with Gasteiger partial charge in [-0.15, -0.1) is 0 Å². The van der Waals surface area contributed by atoms with Gasteiger partial charge in [0, 0.05) is 38.4 Å². The van der Waals surface area contributed by atoms with Crippen LogP contribution in [0.2, 0.25) is 0 Å². The SMILES string of the molecule is CC1CCCCC1NC(=O)NC(=O)CN1CCN(c2ncccc2C#N)CC1. The molecule has 1 aliphatic carbocycles. The van der Waals surface area contributed by atoms with Gasteiger partial charge in [0.05, 0.1) is 12.1 Å². The van der Waals surface area contributed by atoms with Crippen molar-refractivity contribution in [1.82, 2.24) is 20.5 Å². The number of aromatic nitrogens is 1. The van der Waals surface area contributed by atoms with Crippen LogP contribution in [0.3, 0.4) is 0 Å². The predicted molar refractivity (Wildman–Crippen MR) is 106 cm³/mol. The molecule has 3 rings (SSSR count). The van der Waals surface area contributed by atoms with Crippen molar-refractivity contribution in [2.75, 3.05) is 37.6 Å². The van der Waals surface area contributed by atoms with E-state index in [0.717, 1.165) is 19.3 Å². The van der Waals surface area contributed by atoms with Gasteiger partial charge >= 0.3 is 6.03 Å². The van der Waals surface area contributed by atoms with Gasteiger partial charge in [-0.25, -0.2) is 9.78 Å². The first-order valence-electron chi connectivity index (χ1n) is 9.99. The summed E-state index contributed by atoms with van der Waals surface area (Å²) in [4.78, 5) is 32.7. The topological polar surface area (TPSA) is 101 Å². The second kappa shape index (κ2) is 9.51. The Balaban J connectivity index is 1.42. The molecule has 2 unspecified atom stereocenters. The Kier molecular flexibility index (Phi) is 6.82. The summed E-state index contributed by atoms with van der Waals surface area (Å²) in [6, 6.07) is 5.43. The van der Waals surface area contributed by atoms with E-state index in [1.54, 1.807) is 18.3 Å². The fourth-order valence-corrected chi connectivity index (χ4v) is 3.96. The number of hydrogen-bond donors (Lipinski definition) is 2. The Morgan fingerprint density at radius 1 is 1.25 bits per heavy atom. The molecule has 2 aliphatic rings. The maximum absolute atomic E-state index is 12.2. The van der Waals surface area contributed by atoms with Crippen molar-refractivity contribution in [3.63, 3.8) is 0 Å². The fourth-order valence-electron chi connectivity index (χ4n) is 3.96. The second-order valence-corrected chi connectivity index (χ2v) is 7.64. The number of anilines is 1. The molecule has 1 aromatic rings. The van der Waals surface area contributed by atoms with E-state index in [2.05, 4.69) is 33.5 Å². The van der Waals surface area contributed by atoms with Gasteiger partial charge in [-0.2, -0.15) is 5.26 Å². The predicted octanol–water partition coefficient (Wildman–Crippen LogP) is 1.48. The lowest BCUT2D eigenvalue weighted by atomic mass is 9.86. The van der Waals surface area contributed by atoms with Crippen molar-refractivity contribution < 1.29 is 9.59 Å². The van der Waals surface area contributed by atoms with Gasteiger partial charge in [0.15, 0.2) is 0 Å². The van der Waals surface area contributed by atoms with Crippen molar-refractivity contribution in [3.8, 4) is 6.07 Å². The highest BCUT2D eigenvalue weighted by Crippen LogP contribution is 2.23. The first kappa shape index (κ1) is 20.1. The molecule has 0 radical (unpaired) electrons. The van der Waals surface area contributed by atoms with Crippen molar-refractivity contribution in [2.45, 2.75) is 38.6 Å². The van der Waals surface area contributed by atoms with Crippen LogP contribution in [0, 0.1) is 17.2 Å². The third-order valence-electron chi connectivity index (χ3n) is 5.63. The number of imide groups is 1. The van der Waals surface area contributed by atoms with E-state index in [1.807, 2.05) is 4.90 Å². The molecular formula is C20H28N6O2. The summed E-state index contributed by atoms with van der Waals surface area (Å²) >= 11 is 0. The summed E-state index contributed by atoms with van der Waals surface area (Å²) in [5.74, 6) is 0.854. The number of nitriles is 1. The van der Waals surface area contributed by atoms with E-state index in [0.29, 0.717) is 43.5 Å². The van der Waals surface area contributed by atoms with Crippen molar-refractivity contribution in [2.24, 2.45) is 5.92 Å². The zero-order chi connectivity index (χ0) is 19.9. The van der Waals surface area contributed by atoms with Crippen LogP contribution in [-0.4, -0.2) is 60.6 Å². The molecule has 1 saturated carbocycles. The summed E-state index contributed by atoms with van der Waals surface area (Å²) in [6.45, 7) is 5.06. The zero-order valence-corrected chi connectivity index (χ0v) is 16.4. The Bertz CT molecular complexity index is 738. The Labute approximate surface area is 165 Å². The van der Waals surface area contributed by atoms with E-state index in [1.165, 1.54) is 6.42 Å². The molecule has 2 fully saturated rings. The highest BCUT2D eigenvalue weighted by Gasteiger charge is 2.25. The number of carbonyl (C=O) groups excluding carboxylic acids is 2. The van der Waals surface area contributed by atoms with Crippen LogP contribution in [0.15, 0.2) is 18.3 Å². The minimum Gasteiger partial charge on any atom is -0.353 e. The number of nitrogens with one attached hydrogen (secondary N) is 2. The Morgan fingerprint density at radius 2 is 2.00 bits per heavy atom. The van der Waals surface area contributed by atoms with E-state index in [-0.39, 0.29) is 18.5 Å². The fraction of sp³-hybridized carbons (Fsp3) is 0.600. The number of amides is 3. The number of carbonyl (C=O) groups is 2. The summed E-state index contributed by atoms with van der Waals surface area (Å²) in [5, 5.41) is 14.6. The van der Waals surface area contributed by atoms with Crippen molar-refractivity contribution in [3.05, 3.63) is 23.9 Å². The summed E-state index contributed by atoms with van der Waals surface area (Å²) in [5.41, 5.74) is 0.558. The minimum atomic E-state index is -0.394. The molecule has 2 N–H and O–H groups in total. The standard InChI is InChI=1S/C20H28N6O2/c1-15-5-2-3-7-17(15)23-20(28)24-18(27)14-25-9-11-26(12-10-25)19-16(13-21)6-4-8-22-19/h4,6,8,15,17H,2-3,5,7,9-12,14H2,1H3,(H2,23,24,27,28). The number of urea groups is 1. The van der Waals surface area contributed by atoms with Gasteiger partial charge in [-0.3, -0.25) is 15.0 Å². The number of rotatable bonds is 4. The van der Waals surface area contributed by atoms with Gasteiger partial charge in [-0.1, -0.05) is 19.8 Å². The maximum Gasteiger partial charge on any atom is 0.321 e. The molecule has 150 valence electrons. The van der Waals surface area contributed by atoms with E-state index in [4.69, 9.17) is 0 Å². The quantitative estimate of drug-likeness (QED) is 0.815. The summed E-state index contributed by atoms with van der Waals surface area (Å²) in [7, 11) is 0. The third-order valence-corrected chi connectivity index (χ3v) is 5.63. The average molecular weight is 384 g/mol. The molecule has 1 aliphatic heterocycles. The number of nitrogens with zero attached hydrogens (tertiary/aromatic N) is 4. The number of pyridine rings is 1. The molecule has 8 heteroatoms. The van der Waals surface area contributed by atoms with Gasteiger partial charge in [0.1, 0.15) is 11.9 Å². The molecule has 3 amide bonds. The molecule has 1 saturated heterocycles. The van der Waals surface area contributed by atoms with Gasteiger partial charge in [0.2, 0.25) is 5.91 Å². The molecule has 0 aromatic carbocycles. The molecule has 1 aromatic heterocycles. The number of hydrogen-bond acceptors (Lipinski definition) is 6. The molecule has 2 atom stereocenters. The van der Waals surface area contributed by atoms with E-state index < -0.39 is 6.03 Å². The molecular weight excluding hydrogens is 356 g/mol.